The highest BCUT2D eigenvalue weighted by molar-refractivity contribution is 5.14. The molecule has 2 nitrogen and oxygen atoms in total. The average molecular weight is 220 g/mol. The predicted octanol–water partition coefficient (Wildman–Crippen LogP) is 2.71. The minimum Gasteiger partial charge on any atom is -0.255 e. The zero-order chi connectivity index (χ0) is 11.8. The number of hydrogen-bond donors (Lipinski definition) is 1. The van der Waals surface area contributed by atoms with Crippen LogP contribution < -0.4 is 5.43 Å². The Bertz CT molecular complexity index is 269. The molecule has 1 aromatic carbocycles. The minimum atomic E-state index is 0.773. The highest BCUT2D eigenvalue weighted by atomic mass is 15.5. The van der Waals surface area contributed by atoms with Gasteiger partial charge in [0.1, 0.15) is 0 Å². The maximum absolute atomic E-state index is 3.42. The summed E-state index contributed by atoms with van der Waals surface area (Å²) >= 11 is 0. The maximum atomic E-state index is 3.42. The fraction of sp³-hybridized carbons (Fsp3) is 0.571. The van der Waals surface area contributed by atoms with Gasteiger partial charge in [0.2, 0.25) is 0 Å². The van der Waals surface area contributed by atoms with Gasteiger partial charge in [-0.05, 0) is 24.3 Å². The summed E-state index contributed by atoms with van der Waals surface area (Å²) in [6.07, 6.45) is 2.34. The molecule has 0 saturated carbocycles. The fourth-order valence-corrected chi connectivity index (χ4v) is 1.56. The third-order valence-electron chi connectivity index (χ3n) is 2.68. The SMILES string of the molecule is CC(C)CCNN(C)CCc1ccccc1. The van der Waals surface area contributed by atoms with Crippen LogP contribution in [-0.2, 0) is 6.42 Å². The van der Waals surface area contributed by atoms with E-state index in [1.165, 1.54) is 12.0 Å². The lowest BCUT2D eigenvalue weighted by Gasteiger charge is -2.18. The molecule has 0 aliphatic carbocycles. The summed E-state index contributed by atoms with van der Waals surface area (Å²) in [7, 11) is 2.11. The molecule has 0 spiro atoms. The molecular weight excluding hydrogens is 196 g/mol. The number of likely N-dealkylation sites (N-methyl/N-ethyl adjacent to an activating group) is 1. The Morgan fingerprint density at radius 1 is 1.19 bits per heavy atom. The quantitative estimate of drug-likeness (QED) is 0.711. The molecule has 0 aliphatic rings. The molecule has 0 amide bonds. The van der Waals surface area contributed by atoms with Crippen LogP contribution in [0.3, 0.4) is 0 Å². The molecule has 0 bridgehead atoms. The van der Waals surface area contributed by atoms with Gasteiger partial charge in [-0.1, -0.05) is 44.2 Å². The second-order valence-corrected chi connectivity index (χ2v) is 4.75. The monoisotopic (exact) mass is 220 g/mol. The average Bonchev–Trinajstić information content (AvgIpc) is 2.27. The van der Waals surface area contributed by atoms with E-state index in [2.05, 4.69) is 61.7 Å². The molecule has 0 radical (unpaired) electrons. The summed E-state index contributed by atoms with van der Waals surface area (Å²) < 4.78 is 0. The first kappa shape index (κ1) is 13.2. The number of rotatable bonds is 7. The molecule has 16 heavy (non-hydrogen) atoms. The van der Waals surface area contributed by atoms with Crippen LogP contribution in [0.2, 0.25) is 0 Å². The number of nitrogens with one attached hydrogen (secondary N) is 1. The van der Waals surface area contributed by atoms with E-state index in [1.54, 1.807) is 0 Å². The van der Waals surface area contributed by atoms with Gasteiger partial charge in [-0.25, -0.2) is 5.01 Å². The number of benzene rings is 1. The maximum Gasteiger partial charge on any atom is 0.0168 e. The van der Waals surface area contributed by atoms with E-state index in [1.807, 2.05) is 0 Å². The van der Waals surface area contributed by atoms with Crippen LogP contribution in [0.15, 0.2) is 30.3 Å². The Hall–Kier alpha value is -0.860. The first-order valence-electron chi connectivity index (χ1n) is 6.17. The van der Waals surface area contributed by atoms with Gasteiger partial charge in [-0.2, -0.15) is 0 Å². The smallest absolute Gasteiger partial charge is 0.0168 e. The molecule has 1 N–H and O–H groups in total. The predicted molar refractivity (Wildman–Crippen MR) is 70.2 cm³/mol. The van der Waals surface area contributed by atoms with Gasteiger partial charge in [0.25, 0.3) is 0 Å². The van der Waals surface area contributed by atoms with Gasteiger partial charge in [-0.3, -0.25) is 5.43 Å². The van der Waals surface area contributed by atoms with E-state index in [0.29, 0.717) is 0 Å². The highest BCUT2D eigenvalue weighted by Gasteiger charge is 1.99. The Morgan fingerprint density at radius 3 is 2.50 bits per heavy atom. The van der Waals surface area contributed by atoms with Gasteiger partial charge in [-0.15, -0.1) is 0 Å². The molecule has 0 heterocycles. The lowest BCUT2D eigenvalue weighted by Crippen LogP contribution is -2.36. The topological polar surface area (TPSA) is 15.3 Å². The van der Waals surface area contributed by atoms with Crippen LogP contribution in [0.5, 0.6) is 0 Å². The van der Waals surface area contributed by atoms with Crippen LogP contribution >= 0.6 is 0 Å². The Labute approximate surface area is 99.6 Å². The van der Waals surface area contributed by atoms with Crippen LogP contribution in [0.4, 0.5) is 0 Å². The van der Waals surface area contributed by atoms with Crippen molar-refractivity contribution in [1.82, 2.24) is 10.4 Å². The Kier molecular flexibility index (Phi) is 6.12. The summed E-state index contributed by atoms with van der Waals surface area (Å²) in [5, 5.41) is 2.19. The van der Waals surface area contributed by atoms with Crippen LogP contribution in [0, 0.1) is 5.92 Å². The summed E-state index contributed by atoms with van der Waals surface area (Å²) in [6.45, 7) is 6.64. The number of hydrogen-bond acceptors (Lipinski definition) is 2. The summed E-state index contributed by atoms with van der Waals surface area (Å²) in [5.41, 5.74) is 4.82. The molecule has 90 valence electrons. The van der Waals surface area contributed by atoms with Crippen molar-refractivity contribution in [3.63, 3.8) is 0 Å². The van der Waals surface area contributed by atoms with Crippen molar-refractivity contribution in [2.45, 2.75) is 26.7 Å². The van der Waals surface area contributed by atoms with E-state index in [-0.39, 0.29) is 0 Å². The lowest BCUT2D eigenvalue weighted by molar-refractivity contribution is 0.231. The zero-order valence-electron chi connectivity index (χ0n) is 10.7. The first-order chi connectivity index (χ1) is 7.68. The molecule has 0 unspecified atom stereocenters. The van der Waals surface area contributed by atoms with Crippen LogP contribution in [0.25, 0.3) is 0 Å². The molecule has 0 atom stereocenters. The standard InChI is InChI=1S/C14H24N2/c1-13(2)9-11-15-16(3)12-10-14-7-5-4-6-8-14/h4-8,13,15H,9-12H2,1-3H3. The van der Waals surface area contributed by atoms with Crippen molar-refractivity contribution in [1.29, 1.82) is 0 Å². The molecular formula is C14H24N2. The van der Waals surface area contributed by atoms with E-state index in [9.17, 15) is 0 Å². The van der Waals surface area contributed by atoms with Gasteiger partial charge < -0.3 is 0 Å². The van der Waals surface area contributed by atoms with Crippen molar-refractivity contribution < 1.29 is 0 Å². The lowest BCUT2D eigenvalue weighted by atomic mass is 10.1. The van der Waals surface area contributed by atoms with E-state index >= 15 is 0 Å². The van der Waals surface area contributed by atoms with Gasteiger partial charge >= 0.3 is 0 Å². The van der Waals surface area contributed by atoms with Gasteiger partial charge in [0.15, 0.2) is 0 Å². The largest absolute Gasteiger partial charge is 0.255 e. The van der Waals surface area contributed by atoms with E-state index in [4.69, 9.17) is 0 Å². The number of nitrogens with zero attached hydrogens (tertiary/aromatic N) is 1. The molecule has 0 fully saturated rings. The minimum absolute atomic E-state index is 0.773. The highest BCUT2D eigenvalue weighted by Crippen LogP contribution is 2.00. The third-order valence-corrected chi connectivity index (χ3v) is 2.68. The van der Waals surface area contributed by atoms with Crippen molar-refractivity contribution >= 4 is 0 Å². The van der Waals surface area contributed by atoms with Crippen molar-refractivity contribution in [3.8, 4) is 0 Å². The van der Waals surface area contributed by atoms with Gasteiger partial charge in [0, 0.05) is 20.1 Å². The molecule has 2 heteroatoms. The van der Waals surface area contributed by atoms with Gasteiger partial charge in [0.05, 0.1) is 0 Å². The summed E-state index contributed by atoms with van der Waals surface area (Å²) in [6, 6.07) is 10.6. The Morgan fingerprint density at radius 2 is 1.88 bits per heavy atom. The van der Waals surface area contributed by atoms with E-state index < -0.39 is 0 Å². The Balaban J connectivity index is 2.13. The molecule has 1 aromatic rings. The molecule has 0 aliphatic heterocycles. The molecule has 1 rings (SSSR count). The fourth-order valence-electron chi connectivity index (χ4n) is 1.56. The molecule has 0 saturated heterocycles. The first-order valence-corrected chi connectivity index (χ1v) is 6.17. The van der Waals surface area contributed by atoms with E-state index in [0.717, 1.165) is 25.4 Å². The normalized spacial score (nSPS) is 11.3. The number of hydrazine groups is 1. The van der Waals surface area contributed by atoms with Crippen LogP contribution in [0.1, 0.15) is 25.8 Å². The zero-order valence-corrected chi connectivity index (χ0v) is 10.7. The second kappa shape index (κ2) is 7.42. The van der Waals surface area contributed by atoms with Crippen molar-refractivity contribution in [2.24, 2.45) is 5.92 Å². The van der Waals surface area contributed by atoms with Crippen molar-refractivity contribution in [3.05, 3.63) is 35.9 Å². The van der Waals surface area contributed by atoms with Crippen molar-refractivity contribution in [2.75, 3.05) is 20.1 Å². The van der Waals surface area contributed by atoms with Crippen LogP contribution in [-0.4, -0.2) is 25.1 Å². The molecule has 0 aromatic heterocycles. The third kappa shape index (κ3) is 5.89. The summed E-state index contributed by atoms with van der Waals surface area (Å²) in [4.78, 5) is 0. The summed E-state index contributed by atoms with van der Waals surface area (Å²) in [5.74, 6) is 0.773. The second-order valence-electron chi connectivity index (χ2n) is 4.75.